The lowest BCUT2D eigenvalue weighted by Gasteiger charge is -2.34. The van der Waals surface area contributed by atoms with Crippen LogP contribution in [0.3, 0.4) is 0 Å². The molecule has 23 heavy (non-hydrogen) atoms. The summed E-state index contributed by atoms with van der Waals surface area (Å²) in [5, 5.41) is 0. The number of carbonyl (C=O) groups excluding carboxylic acids is 1. The highest BCUT2D eigenvalue weighted by atomic mass is 16.2. The lowest BCUT2D eigenvalue weighted by atomic mass is 10.0. The summed E-state index contributed by atoms with van der Waals surface area (Å²) in [6.07, 6.45) is 9.90. The van der Waals surface area contributed by atoms with Crippen molar-refractivity contribution in [3.63, 3.8) is 0 Å². The molecule has 2 aromatic heterocycles. The van der Waals surface area contributed by atoms with E-state index in [0.29, 0.717) is 17.5 Å². The summed E-state index contributed by atoms with van der Waals surface area (Å²) in [5.74, 6) is 2.03. The van der Waals surface area contributed by atoms with E-state index in [1.807, 2.05) is 23.2 Å². The monoisotopic (exact) mass is 310 g/mol. The molecule has 0 bridgehead atoms. The minimum Gasteiger partial charge on any atom is -0.338 e. The number of imidazole rings is 1. The van der Waals surface area contributed by atoms with Gasteiger partial charge in [-0.15, -0.1) is 0 Å². The van der Waals surface area contributed by atoms with Crippen LogP contribution in [0.5, 0.6) is 0 Å². The molecular formula is C18H22N4O. The molecule has 0 N–H and O–H groups in total. The van der Waals surface area contributed by atoms with Crippen molar-refractivity contribution in [2.24, 2.45) is 0 Å². The number of amides is 1. The van der Waals surface area contributed by atoms with Gasteiger partial charge in [-0.3, -0.25) is 9.78 Å². The maximum Gasteiger partial charge on any atom is 0.255 e. The minimum atomic E-state index is 0.0984. The van der Waals surface area contributed by atoms with Crippen molar-refractivity contribution in [2.45, 2.75) is 44.6 Å². The second-order valence-corrected chi connectivity index (χ2v) is 6.67. The largest absolute Gasteiger partial charge is 0.338 e. The molecule has 0 unspecified atom stereocenters. The van der Waals surface area contributed by atoms with Gasteiger partial charge >= 0.3 is 0 Å². The molecule has 5 heteroatoms. The topological polar surface area (TPSA) is 51.0 Å². The fraction of sp³-hybridized carbons (Fsp3) is 0.500. The zero-order valence-electron chi connectivity index (χ0n) is 13.5. The molecule has 1 saturated carbocycles. The standard InChI is InChI=1S/C18H22N4O/c1-13-11-20-17(14-4-5-14)22(13)16-6-9-21(10-7-16)18(23)15-3-2-8-19-12-15/h2-3,8,11-12,14,16H,4-7,9-10H2,1H3. The summed E-state index contributed by atoms with van der Waals surface area (Å²) in [5.41, 5.74) is 1.94. The summed E-state index contributed by atoms with van der Waals surface area (Å²) >= 11 is 0. The van der Waals surface area contributed by atoms with Gasteiger partial charge in [-0.2, -0.15) is 0 Å². The Morgan fingerprint density at radius 2 is 1.96 bits per heavy atom. The highest BCUT2D eigenvalue weighted by molar-refractivity contribution is 5.93. The Labute approximate surface area is 136 Å². The number of aryl methyl sites for hydroxylation is 1. The van der Waals surface area contributed by atoms with Gasteiger partial charge in [0.05, 0.1) is 5.56 Å². The smallest absolute Gasteiger partial charge is 0.255 e. The number of carbonyl (C=O) groups is 1. The summed E-state index contributed by atoms with van der Waals surface area (Å²) in [6.45, 7) is 3.76. The second-order valence-electron chi connectivity index (χ2n) is 6.67. The normalized spacial score (nSPS) is 19.1. The molecule has 0 radical (unpaired) electrons. The van der Waals surface area contributed by atoms with E-state index in [2.05, 4.69) is 21.5 Å². The van der Waals surface area contributed by atoms with E-state index in [1.165, 1.54) is 24.4 Å². The van der Waals surface area contributed by atoms with E-state index < -0.39 is 0 Å². The van der Waals surface area contributed by atoms with Crippen LogP contribution in [0.1, 0.15) is 59.5 Å². The lowest BCUT2D eigenvalue weighted by Crippen LogP contribution is -2.39. The molecule has 0 aromatic carbocycles. The van der Waals surface area contributed by atoms with Crippen LogP contribution in [0.2, 0.25) is 0 Å². The van der Waals surface area contributed by atoms with Crippen LogP contribution in [-0.4, -0.2) is 38.4 Å². The molecule has 1 saturated heterocycles. The Morgan fingerprint density at radius 3 is 2.61 bits per heavy atom. The molecular weight excluding hydrogens is 288 g/mol. The molecule has 3 heterocycles. The fourth-order valence-electron chi connectivity index (χ4n) is 3.58. The van der Waals surface area contributed by atoms with E-state index in [9.17, 15) is 4.79 Å². The van der Waals surface area contributed by atoms with Gasteiger partial charge in [0.25, 0.3) is 5.91 Å². The quantitative estimate of drug-likeness (QED) is 0.876. The van der Waals surface area contributed by atoms with Gasteiger partial charge in [0.15, 0.2) is 0 Å². The van der Waals surface area contributed by atoms with E-state index in [-0.39, 0.29) is 5.91 Å². The predicted octanol–water partition coefficient (Wildman–Crippen LogP) is 2.94. The molecule has 1 amide bonds. The van der Waals surface area contributed by atoms with Crippen molar-refractivity contribution in [3.05, 3.63) is 47.8 Å². The maximum absolute atomic E-state index is 12.5. The first kappa shape index (κ1) is 14.4. The van der Waals surface area contributed by atoms with Crippen LogP contribution in [0, 0.1) is 6.92 Å². The number of nitrogens with zero attached hydrogens (tertiary/aromatic N) is 4. The zero-order chi connectivity index (χ0) is 15.8. The average molecular weight is 310 g/mol. The molecule has 2 aromatic rings. The number of rotatable bonds is 3. The first-order valence-corrected chi connectivity index (χ1v) is 8.47. The third kappa shape index (κ3) is 2.76. The maximum atomic E-state index is 12.5. The Balaban J connectivity index is 1.45. The van der Waals surface area contributed by atoms with Crippen LogP contribution in [-0.2, 0) is 0 Å². The SMILES string of the molecule is Cc1cnc(C2CC2)n1C1CCN(C(=O)c2cccnc2)CC1. The average Bonchev–Trinajstić information content (AvgIpc) is 3.38. The molecule has 5 nitrogen and oxygen atoms in total. The van der Waals surface area contributed by atoms with Crippen molar-refractivity contribution in [3.8, 4) is 0 Å². The molecule has 0 spiro atoms. The van der Waals surface area contributed by atoms with Crippen molar-refractivity contribution < 1.29 is 4.79 Å². The van der Waals surface area contributed by atoms with Gasteiger partial charge < -0.3 is 9.47 Å². The third-order valence-corrected chi connectivity index (χ3v) is 4.98. The van der Waals surface area contributed by atoms with Gasteiger partial charge in [-0.05, 0) is 44.7 Å². The van der Waals surface area contributed by atoms with E-state index in [4.69, 9.17) is 0 Å². The summed E-state index contributed by atoms with van der Waals surface area (Å²) in [6, 6.07) is 4.13. The van der Waals surface area contributed by atoms with E-state index >= 15 is 0 Å². The van der Waals surface area contributed by atoms with Gasteiger partial charge in [-0.25, -0.2) is 4.98 Å². The van der Waals surface area contributed by atoms with Crippen molar-refractivity contribution in [1.82, 2.24) is 19.4 Å². The Hall–Kier alpha value is -2.17. The third-order valence-electron chi connectivity index (χ3n) is 4.98. The molecule has 2 aliphatic rings. The number of pyridine rings is 1. The van der Waals surface area contributed by atoms with Crippen LogP contribution in [0.15, 0.2) is 30.7 Å². The Kier molecular flexibility index (Phi) is 3.63. The van der Waals surface area contributed by atoms with Crippen molar-refractivity contribution in [2.75, 3.05) is 13.1 Å². The van der Waals surface area contributed by atoms with E-state index in [1.54, 1.807) is 12.4 Å². The van der Waals surface area contributed by atoms with Crippen LogP contribution < -0.4 is 0 Å². The van der Waals surface area contributed by atoms with Crippen LogP contribution >= 0.6 is 0 Å². The van der Waals surface area contributed by atoms with E-state index in [0.717, 1.165) is 25.9 Å². The lowest BCUT2D eigenvalue weighted by molar-refractivity contribution is 0.0692. The van der Waals surface area contributed by atoms with Crippen molar-refractivity contribution in [1.29, 1.82) is 0 Å². The number of hydrogen-bond donors (Lipinski definition) is 0. The summed E-state index contributed by atoms with van der Waals surface area (Å²) in [4.78, 5) is 23.1. The number of aromatic nitrogens is 3. The van der Waals surface area contributed by atoms with Crippen LogP contribution in [0.4, 0.5) is 0 Å². The number of piperidine rings is 1. The molecule has 1 aliphatic heterocycles. The Bertz CT molecular complexity index is 697. The number of likely N-dealkylation sites (tertiary alicyclic amines) is 1. The highest BCUT2D eigenvalue weighted by Gasteiger charge is 2.32. The molecule has 4 rings (SSSR count). The first-order chi connectivity index (χ1) is 11.2. The van der Waals surface area contributed by atoms with Gasteiger partial charge in [0, 0.05) is 49.3 Å². The fourth-order valence-corrected chi connectivity index (χ4v) is 3.58. The minimum absolute atomic E-state index is 0.0984. The summed E-state index contributed by atoms with van der Waals surface area (Å²) < 4.78 is 2.43. The van der Waals surface area contributed by atoms with Gasteiger partial charge in [0.1, 0.15) is 5.82 Å². The molecule has 2 fully saturated rings. The first-order valence-electron chi connectivity index (χ1n) is 8.47. The Morgan fingerprint density at radius 1 is 1.17 bits per heavy atom. The van der Waals surface area contributed by atoms with Gasteiger partial charge in [-0.1, -0.05) is 0 Å². The second kappa shape index (κ2) is 5.80. The highest BCUT2D eigenvalue weighted by Crippen LogP contribution is 2.41. The molecule has 1 aliphatic carbocycles. The van der Waals surface area contributed by atoms with Gasteiger partial charge in [0.2, 0.25) is 0 Å². The molecule has 0 atom stereocenters. The predicted molar refractivity (Wildman–Crippen MR) is 87.4 cm³/mol. The number of hydrogen-bond acceptors (Lipinski definition) is 3. The zero-order valence-corrected chi connectivity index (χ0v) is 13.5. The summed E-state index contributed by atoms with van der Waals surface area (Å²) in [7, 11) is 0. The van der Waals surface area contributed by atoms with Crippen molar-refractivity contribution >= 4 is 5.91 Å². The molecule has 120 valence electrons. The van der Waals surface area contributed by atoms with Crippen LogP contribution in [0.25, 0.3) is 0 Å².